The van der Waals surface area contributed by atoms with Gasteiger partial charge in [-0.05, 0) is 12.1 Å². The molecule has 1 aromatic rings. The number of anilines is 1. The van der Waals surface area contributed by atoms with Gasteiger partial charge in [0.2, 0.25) is 0 Å². The van der Waals surface area contributed by atoms with Gasteiger partial charge in [0, 0.05) is 26.2 Å². The number of hydrogen-bond acceptors (Lipinski definition) is 4. The number of ether oxygens (including phenoxy) is 1. The van der Waals surface area contributed by atoms with E-state index in [2.05, 4.69) is 15.5 Å². The van der Waals surface area contributed by atoms with Crippen molar-refractivity contribution >= 4 is 11.7 Å². The van der Waals surface area contributed by atoms with Crippen LogP contribution in [-0.4, -0.2) is 50.3 Å². The second-order valence-electron chi connectivity index (χ2n) is 4.49. The number of para-hydroxylation sites is 1. The summed E-state index contributed by atoms with van der Waals surface area (Å²) in [4.78, 5) is 14.0. The minimum Gasteiger partial charge on any atom is -0.379 e. The van der Waals surface area contributed by atoms with Crippen LogP contribution in [0.2, 0.25) is 0 Å². The Morgan fingerprint density at radius 2 is 2.10 bits per heavy atom. The summed E-state index contributed by atoms with van der Waals surface area (Å²) in [6, 6.07) is 8.68. The van der Waals surface area contributed by atoms with Gasteiger partial charge in [-0.3, -0.25) is 4.90 Å². The highest BCUT2D eigenvalue weighted by atomic mass is 16.5. The van der Waals surface area contributed by atoms with E-state index in [-0.39, 0.29) is 6.03 Å². The van der Waals surface area contributed by atoms with Crippen molar-refractivity contribution in [3.05, 3.63) is 29.8 Å². The summed E-state index contributed by atoms with van der Waals surface area (Å²) < 4.78 is 5.26. The molecule has 0 saturated carbocycles. The van der Waals surface area contributed by atoms with Gasteiger partial charge in [0.25, 0.3) is 0 Å². The lowest BCUT2D eigenvalue weighted by Gasteiger charge is -2.26. The first kappa shape index (κ1) is 14.3. The summed E-state index contributed by atoms with van der Waals surface area (Å²) in [6.07, 6.45) is 0. The number of hydrogen-bond donors (Lipinski definition) is 2. The normalized spacial score (nSPS) is 15.3. The summed E-state index contributed by atoms with van der Waals surface area (Å²) in [5.41, 5.74) is 0.981. The Kier molecular flexibility index (Phi) is 5.35. The molecule has 2 N–H and O–H groups in total. The molecule has 0 unspecified atom stereocenters. The number of urea groups is 1. The molecule has 2 rings (SSSR count). The zero-order valence-electron chi connectivity index (χ0n) is 11.3. The number of carbonyl (C=O) groups is 1. The Morgan fingerprint density at radius 1 is 1.35 bits per heavy atom. The molecule has 6 heteroatoms. The first-order valence-corrected chi connectivity index (χ1v) is 6.63. The molecule has 1 aliphatic rings. The third-order valence-electron chi connectivity index (χ3n) is 3.11. The predicted molar refractivity (Wildman–Crippen MR) is 75.4 cm³/mol. The summed E-state index contributed by atoms with van der Waals surface area (Å²) in [5, 5.41) is 14.4. The summed E-state index contributed by atoms with van der Waals surface area (Å²) >= 11 is 0. The first-order valence-electron chi connectivity index (χ1n) is 6.63. The van der Waals surface area contributed by atoms with Gasteiger partial charge in [0.05, 0.1) is 24.5 Å². The Hall–Kier alpha value is -2.10. The van der Waals surface area contributed by atoms with E-state index in [0.29, 0.717) is 17.8 Å². The Balaban J connectivity index is 1.73. The topological polar surface area (TPSA) is 77.4 Å². The molecule has 1 fully saturated rings. The SMILES string of the molecule is N#Cc1ccccc1NC(=O)NCCN1CCOCC1. The fourth-order valence-electron chi connectivity index (χ4n) is 2.01. The number of nitrogens with zero attached hydrogens (tertiary/aromatic N) is 2. The van der Waals surface area contributed by atoms with Crippen molar-refractivity contribution in [3.63, 3.8) is 0 Å². The van der Waals surface area contributed by atoms with Gasteiger partial charge < -0.3 is 15.4 Å². The highest BCUT2D eigenvalue weighted by Gasteiger charge is 2.10. The molecule has 106 valence electrons. The van der Waals surface area contributed by atoms with Crippen molar-refractivity contribution in [1.29, 1.82) is 5.26 Å². The monoisotopic (exact) mass is 274 g/mol. The van der Waals surface area contributed by atoms with Gasteiger partial charge in [0.1, 0.15) is 6.07 Å². The second-order valence-corrected chi connectivity index (χ2v) is 4.49. The molecule has 0 atom stereocenters. The molecule has 1 heterocycles. The second kappa shape index (κ2) is 7.48. The molecule has 1 saturated heterocycles. The van der Waals surface area contributed by atoms with Gasteiger partial charge in [-0.25, -0.2) is 4.79 Å². The average Bonchev–Trinajstić information content (AvgIpc) is 2.49. The lowest BCUT2D eigenvalue weighted by atomic mass is 10.2. The Morgan fingerprint density at radius 3 is 2.85 bits per heavy atom. The van der Waals surface area contributed by atoms with E-state index in [4.69, 9.17) is 10.00 Å². The summed E-state index contributed by atoms with van der Waals surface area (Å²) in [6.45, 7) is 4.68. The molecule has 2 amide bonds. The highest BCUT2D eigenvalue weighted by Crippen LogP contribution is 2.12. The van der Waals surface area contributed by atoms with Crippen molar-refractivity contribution in [1.82, 2.24) is 10.2 Å². The van der Waals surface area contributed by atoms with E-state index in [0.717, 1.165) is 32.8 Å². The molecule has 6 nitrogen and oxygen atoms in total. The van der Waals surface area contributed by atoms with Crippen LogP contribution in [-0.2, 0) is 4.74 Å². The van der Waals surface area contributed by atoms with Gasteiger partial charge >= 0.3 is 6.03 Å². The number of nitriles is 1. The molecule has 1 aromatic carbocycles. The van der Waals surface area contributed by atoms with Crippen LogP contribution < -0.4 is 10.6 Å². The third-order valence-corrected chi connectivity index (χ3v) is 3.11. The van der Waals surface area contributed by atoms with Gasteiger partial charge in [-0.2, -0.15) is 5.26 Å². The van der Waals surface area contributed by atoms with E-state index < -0.39 is 0 Å². The van der Waals surface area contributed by atoms with Crippen LogP contribution in [0.1, 0.15) is 5.56 Å². The first-order chi connectivity index (χ1) is 9.79. The fraction of sp³-hybridized carbons (Fsp3) is 0.429. The number of benzene rings is 1. The molecular formula is C14H18N4O2. The maximum absolute atomic E-state index is 11.7. The molecule has 0 aromatic heterocycles. The largest absolute Gasteiger partial charge is 0.379 e. The number of amides is 2. The van der Waals surface area contributed by atoms with E-state index in [1.54, 1.807) is 24.3 Å². The maximum atomic E-state index is 11.7. The standard InChI is InChI=1S/C14H18N4O2/c15-11-12-3-1-2-4-13(12)17-14(19)16-5-6-18-7-9-20-10-8-18/h1-4H,5-10H2,(H2,16,17,19). The van der Waals surface area contributed by atoms with Crippen molar-refractivity contribution in [2.45, 2.75) is 0 Å². The number of morpholine rings is 1. The van der Waals surface area contributed by atoms with Crippen molar-refractivity contribution in [2.75, 3.05) is 44.7 Å². The maximum Gasteiger partial charge on any atom is 0.319 e. The minimum atomic E-state index is -0.291. The minimum absolute atomic E-state index is 0.291. The quantitative estimate of drug-likeness (QED) is 0.859. The summed E-state index contributed by atoms with van der Waals surface area (Å²) in [5.74, 6) is 0. The van der Waals surface area contributed by atoms with Crippen LogP contribution in [0.4, 0.5) is 10.5 Å². The molecule has 0 radical (unpaired) electrons. The van der Waals surface area contributed by atoms with Crippen LogP contribution >= 0.6 is 0 Å². The van der Waals surface area contributed by atoms with Gasteiger partial charge in [-0.1, -0.05) is 12.1 Å². The van der Waals surface area contributed by atoms with E-state index in [9.17, 15) is 4.79 Å². The molecule has 0 aliphatic carbocycles. The van der Waals surface area contributed by atoms with E-state index in [1.807, 2.05) is 6.07 Å². The molecule has 1 aliphatic heterocycles. The fourth-order valence-corrected chi connectivity index (χ4v) is 2.01. The van der Waals surface area contributed by atoms with E-state index in [1.165, 1.54) is 0 Å². The highest BCUT2D eigenvalue weighted by molar-refractivity contribution is 5.90. The lowest BCUT2D eigenvalue weighted by molar-refractivity contribution is 0.0388. The number of carbonyl (C=O) groups excluding carboxylic acids is 1. The Bertz CT molecular complexity index is 492. The molecule has 20 heavy (non-hydrogen) atoms. The van der Waals surface area contributed by atoms with E-state index >= 15 is 0 Å². The number of nitrogens with one attached hydrogen (secondary N) is 2. The van der Waals surface area contributed by atoms with Crippen LogP contribution in [0, 0.1) is 11.3 Å². The summed E-state index contributed by atoms with van der Waals surface area (Å²) in [7, 11) is 0. The van der Waals surface area contributed by atoms with Crippen molar-refractivity contribution in [3.8, 4) is 6.07 Å². The van der Waals surface area contributed by atoms with Gasteiger partial charge in [-0.15, -0.1) is 0 Å². The molecular weight excluding hydrogens is 256 g/mol. The predicted octanol–water partition coefficient (Wildman–Crippen LogP) is 1.01. The Labute approximate surface area is 118 Å². The van der Waals surface area contributed by atoms with Crippen LogP contribution in [0.3, 0.4) is 0 Å². The molecule has 0 bridgehead atoms. The molecule has 0 spiro atoms. The van der Waals surface area contributed by atoms with Gasteiger partial charge in [0.15, 0.2) is 0 Å². The average molecular weight is 274 g/mol. The van der Waals surface area contributed by atoms with Crippen molar-refractivity contribution < 1.29 is 9.53 Å². The lowest BCUT2D eigenvalue weighted by Crippen LogP contribution is -2.42. The van der Waals surface area contributed by atoms with Crippen LogP contribution in [0.25, 0.3) is 0 Å². The van der Waals surface area contributed by atoms with Crippen LogP contribution in [0.15, 0.2) is 24.3 Å². The smallest absolute Gasteiger partial charge is 0.319 e. The number of rotatable bonds is 4. The zero-order valence-corrected chi connectivity index (χ0v) is 11.3. The zero-order chi connectivity index (χ0) is 14.2. The van der Waals surface area contributed by atoms with Crippen LogP contribution in [0.5, 0.6) is 0 Å². The van der Waals surface area contributed by atoms with Crippen molar-refractivity contribution in [2.24, 2.45) is 0 Å². The third kappa shape index (κ3) is 4.23.